The molecule has 2 aromatic rings. The highest BCUT2D eigenvalue weighted by Crippen LogP contribution is 2.50. The van der Waals surface area contributed by atoms with Crippen LogP contribution in [0.5, 0.6) is 0 Å². The number of urea groups is 1. The van der Waals surface area contributed by atoms with E-state index in [1.54, 1.807) is 17.0 Å². The Morgan fingerprint density at radius 1 is 1.12 bits per heavy atom. The van der Waals surface area contributed by atoms with Crippen molar-refractivity contribution in [1.82, 2.24) is 4.90 Å². The molecule has 0 saturated carbocycles. The predicted octanol–water partition coefficient (Wildman–Crippen LogP) is 6.48. The Morgan fingerprint density at radius 2 is 1.67 bits per heavy atom. The molecule has 0 aliphatic carbocycles. The summed E-state index contributed by atoms with van der Waals surface area (Å²) in [7, 11) is 0. The van der Waals surface area contributed by atoms with Gasteiger partial charge in [0.15, 0.2) is 0 Å². The number of likely N-dealkylation sites (tertiary alicyclic amines) is 1. The zero-order chi connectivity index (χ0) is 24.3. The number of nitrogens with zero attached hydrogens (tertiary/aromatic N) is 2. The van der Waals surface area contributed by atoms with Gasteiger partial charge >= 0.3 is 12.2 Å². The summed E-state index contributed by atoms with van der Waals surface area (Å²) in [6, 6.07) is 8.57. The molecule has 2 aromatic carbocycles. The lowest BCUT2D eigenvalue weighted by molar-refractivity contribution is -0.275. The minimum absolute atomic E-state index is 0.0384. The molecule has 0 spiro atoms. The van der Waals surface area contributed by atoms with Gasteiger partial charge in [0.05, 0.1) is 20.8 Å². The maximum atomic E-state index is 14.2. The summed E-state index contributed by atoms with van der Waals surface area (Å²) in [5, 5.41) is 3.50. The van der Waals surface area contributed by atoms with E-state index in [4.69, 9.17) is 45.4 Å². The molecule has 2 aliphatic heterocycles. The van der Waals surface area contributed by atoms with Crippen molar-refractivity contribution in [2.45, 2.75) is 50.0 Å². The van der Waals surface area contributed by atoms with Crippen LogP contribution < -0.4 is 5.73 Å². The Kier molecular flexibility index (Phi) is 6.00. The minimum Gasteiger partial charge on any atom is -0.374 e. The quantitative estimate of drug-likeness (QED) is 0.471. The normalized spacial score (nSPS) is 27.1. The van der Waals surface area contributed by atoms with Crippen LogP contribution in [0.15, 0.2) is 41.6 Å². The second-order valence-corrected chi connectivity index (χ2v) is 9.45. The summed E-state index contributed by atoms with van der Waals surface area (Å²) in [6.07, 6.45) is -5.36. The molecule has 176 valence electrons. The summed E-state index contributed by atoms with van der Waals surface area (Å²) >= 11 is 17.8. The summed E-state index contributed by atoms with van der Waals surface area (Å²) in [5.41, 5.74) is 3.96. The van der Waals surface area contributed by atoms with Crippen LogP contribution in [-0.2, 0) is 10.4 Å². The smallest absolute Gasteiger partial charge is 0.374 e. The zero-order valence-electron chi connectivity index (χ0n) is 17.5. The number of oxime groups is 1. The monoisotopic (exact) mass is 519 g/mol. The van der Waals surface area contributed by atoms with Crippen molar-refractivity contribution >= 4 is 46.5 Å². The lowest BCUT2D eigenvalue weighted by Gasteiger charge is -2.52. The maximum Gasteiger partial charge on any atom is 0.435 e. The number of alkyl halides is 3. The molecule has 1 fully saturated rings. The van der Waals surface area contributed by atoms with Gasteiger partial charge in [-0.05, 0) is 37.1 Å². The second kappa shape index (κ2) is 8.25. The van der Waals surface area contributed by atoms with Crippen LogP contribution in [0.4, 0.5) is 18.0 Å². The number of carbonyl (C=O) groups is 1. The lowest BCUT2D eigenvalue weighted by atomic mass is 9.76. The summed E-state index contributed by atoms with van der Waals surface area (Å²) in [5.74, 6) is 0.0703. The minimum atomic E-state index is -4.80. The van der Waals surface area contributed by atoms with Crippen molar-refractivity contribution in [2.75, 3.05) is 0 Å². The number of rotatable bonds is 3. The number of nitrogens with two attached hydrogens (primary N) is 1. The number of hydrogen-bond donors (Lipinski definition) is 1. The van der Waals surface area contributed by atoms with Crippen molar-refractivity contribution in [2.24, 2.45) is 10.9 Å². The van der Waals surface area contributed by atoms with Gasteiger partial charge < -0.3 is 15.5 Å². The van der Waals surface area contributed by atoms with Crippen molar-refractivity contribution in [3.63, 3.8) is 0 Å². The van der Waals surface area contributed by atoms with E-state index in [0.717, 1.165) is 17.7 Å². The van der Waals surface area contributed by atoms with Gasteiger partial charge in [-0.2, -0.15) is 13.2 Å². The van der Waals surface area contributed by atoms with E-state index in [1.165, 1.54) is 0 Å². The third kappa shape index (κ3) is 3.82. The topological polar surface area (TPSA) is 67.9 Å². The Bertz CT molecular complexity index is 1110. The summed E-state index contributed by atoms with van der Waals surface area (Å²) in [6.45, 7) is 3.80. The molecule has 0 bridgehead atoms. The van der Waals surface area contributed by atoms with Gasteiger partial charge in [-0.15, -0.1) is 0 Å². The van der Waals surface area contributed by atoms with Crippen LogP contribution in [0.3, 0.4) is 0 Å². The van der Waals surface area contributed by atoms with Gasteiger partial charge in [0.2, 0.25) is 0 Å². The van der Waals surface area contributed by atoms with E-state index in [2.05, 4.69) is 5.16 Å². The highest BCUT2D eigenvalue weighted by molar-refractivity contribution is 6.48. The summed E-state index contributed by atoms with van der Waals surface area (Å²) in [4.78, 5) is 18.2. The molecule has 1 saturated heterocycles. The van der Waals surface area contributed by atoms with E-state index in [-0.39, 0.29) is 44.3 Å². The molecule has 0 aromatic heterocycles. The highest BCUT2D eigenvalue weighted by Gasteiger charge is 2.62. The first-order valence-corrected chi connectivity index (χ1v) is 11.2. The SMILES string of the molecule is CC1C(c2ccc(C3=NOC(c4cc(Cl)c(Cl)c(Cl)c4)(C(F)(F)F)C3)cc2)C(C)N1C(N)=O. The molecule has 2 amide bonds. The first-order valence-electron chi connectivity index (χ1n) is 10.0. The molecule has 33 heavy (non-hydrogen) atoms. The predicted molar refractivity (Wildman–Crippen MR) is 121 cm³/mol. The van der Waals surface area contributed by atoms with Gasteiger partial charge in [0.25, 0.3) is 5.60 Å². The maximum absolute atomic E-state index is 14.2. The summed E-state index contributed by atoms with van der Waals surface area (Å²) < 4.78 is 42.6. The average molecular weight is 521 g/mol. The molecule has 3 atom stereocenters. The van der Waals surface area contributed by atoms with Crippen LogP contribution in [0.2, 0.25) is 15.1 Å². The van der Waals surface area contributed by atoms with Crippen LogP contribution >= 0.6 is 34.8 Å². The third-order valence-electron chi connectivity index (χ3n) is 6.44. The fraction of sp³-hybridized carbons (Fsp3) is 0.364. The van der Waals surface area contributed by atoms with Crippen molar-refractivity contribution in [1.29, 1.82) is 0 Å². The molecule has 2 aliphatic rings. The highest BCUT2D eigenvalue weighted by atomic mass is 35.5. The fourth-order valence-electron chi connectivity index (χ4n) is 4.72. The van der Waals surface area contributed by atoms with E-state index >= 15 is 0 Å². The van der Waals surface area contributed by atoms with Crippen LogP contribution in [0, 0.1) is 0 Å². The van der Waals surface area contributed by atoms with Crippen LogP contribution in [0.1, 0.15) is 42.9 Å². The molecule has 2 heterocycles. The molecule has 3 unspecified atom stereocenters. The molecule has 5 nitrogen and oxygen atoms in total. The van der Waals surface area contributed by atoms with Crippen molar-refractivity contribution in [3.05, 3.63) is 68.2 Å². The first-order chi connectivity index (χ1) is 15.4. The second-order valence-electron chi connectivity index (χ2n) is 8.26. The van der Waals surface area contributed by atoms with Crippen molar-refractivity contribution < 1.29 is 22.8 Å². The number of primary amides is 1. The number of hydrogen-bond acceptors (Lipinski definition) is 3. The van der Waals surface area contributed by atoms with Gasteiger partial charge in [0.1, 0.15) is 0 Å². The average Bonchev–Trinajstić information content (AvgIpc) is 3.19. The Hall–Kier alpha value is -2.16. The molecular formula is C22H19Cl3F3N3O2. The number of carbonyl (C=O) groups excluding carboxylic acids is 1. The van der Waals surface area contributed by atoms with Gasteiger partial charge in [-0.25, -0.2) is 4.79 Å². The van der Waals surface area contributed by atoms with Crippen molar-refractivity contribution in [3.8, 4) is 0 Å². The number of amides is 2. The molecule has 11 heteroatoms. The first kappa shape index (κ1) is 24.0. The van der Waals surface area contributed by atoms with Gasteiger partial charge in [0, 0.05) is 30.0 Å². The zero-order valence-corrected chi connectivity index (χ0v) is 19.7. The Balaban J connectivity index is 1.60. The van der Waals surface area contributed by atoms with E-state index in [9.17, 15) is 18.0 Å². The van der Waals surface area contributed by atoms with Gasteiger partial charge in [-0.3, -0.25) is 0 Å². The van der Waals surface area contributed by atoms with E-state index in [0.29, 0.717) is 5.56 Å². The molecule has 4 rings (SSSR count). The lowest BCUT2D eigenvalue weighted by Crippen LogP contribution is -2.63. The standard InChI is InChI=1S/C22H19Cl3F3N3O2/c1-10-18(11(2)31(10)20(29)32)13-5-3-12(4-6-13)17-9-21(33-30-17,22(26,27)28)14-7-15(23)19(25)16(24)8-14/h3-8,10-11,18H,9H2,1-2H3,(H2,29,32). The van der Waals surface area contributed by atoms with E-state index < -0.39 is 24.2 Å². The van der Waals surface area contributed by atoms with Crippen LogP contribution in [-0.4, -0.2) is 34.9 Å². The van der Waals surface area contributed by atoms with E-state index in [1.807, 2.05) is 26.0 Å². The number of halogens is 6. The molecular weight excluding hydrogens is 502 g/mol. The molecule has 2 N–H and O–H groups in total. The third-order valence-corrected chi connectivity index (χ3v) is 7.63. The number of benzene rings is 2. The van der Waals surface area contributed by atoms with Gasteiger partial charge in [-0.1, -0.05) is 64.2 Å². The van der Waals surface area contributed by atoms with Crippen LogP contribution in [0.25, 0.3) is 0 Å². The largest absolute Gasteiger partial charge is 0.435 e. The Morgan fingerprint density at radius 3 is 2.15 bits per heavy atom. The molecule has 0 radical (unpaired) electrons. The fourth-order valence-corrected chi connectivity index (χ4v) is 5.32. The Labute approximate surface area is 203 Å².